The van der Waals surface area contributed by atoms with E-state index < -0.39 is 9.05 Å². The Balaban J connectivity index is 0.000000257. The van der Waals surface area contributed by atoms with Crippen LogP contribution in [0.25, 0.3) is 0 Å². The largest absolute Gasteiger partial charge is 0.497 e. The van der Waals surface area contributed by atoms with Gasteiger partial charge in [-0.15, -0.1) is 12.6 Å². The maximum atomic E-state index is 11.2. The van der Waals surface area contributed by atoms with Crippen LogP contribution in [0.1, 0.15) is 22.3 Å². The van der Waals surface area contributed by atoms with Gasteiger partial charge in [0.15, 0.2) is 0 Å². The Morgan fingerprint density at radius 2 is 1.12 bits per heavy atom. The first kappa shape index (κ1) is 21.7. The van der Waals surface area contributed by atoms with E-state index in [9.17, 15) is 8.42 Å². The molecule has 0 saturated carbocycles. The van der Waals surface area contributed by atoms with Crippen molar-refractivity contribution in [1.29, 1.82) is 0 Å². The van der Waals surface area contributed by atoms with E-state index in [1.165, 1.54) is 7.11 Å². The first-order valence-corrected chi connectivity index (χ1v) is 10.2. The number of hydrogen-bond acceptors (Lipinski definition) is 5. The molecule has 4 nitrogen and oxygen atoms in total. The van der Waals surface area contributed by atoms with Gasteiger partial charge in [-0.25, -0.2) is 8.42 Å². The van der Waals surface area contributed by atoms with Crippen molar-refractivity contribution in [3.05, 3.63) is 46.5 Å². The van der Waals surface area contributed by atoms with Crippen molar-refractivity contribution < 1.29 is 17.9 Å². The highest BCUT2D eigenvalue weighted by Gasteiger charge is 2.17. The zero-order valence-electron chi connectivity index (χ0n) is 15.2. The van der Waals surface area contributed by atoms with Gasteiger partial charge in [-0.1, -0.05) is 0 Å². The van der Waals surface area contributed by atoms with E-state index in [0.29, 0.717) is 16.9 Å². The van der Waals surface area contributed by atoms with E-state index in [1.54, 1.807) is 33.1 Å². The highest BCUT2D eigenvalue weighted by molar-refractivity contribution is 8.13. The van der Waals surface area contributed by atoms with Crippen molar-refractivity contribution in [2.24, 2.45) is 0 Å². The lowest BCUT2D eigenvalue weighted by atomic mass is 10.1. The van der Waals surface area contributed by atoms with Crippen molar-refractivity contribution in [2.45, 2.75) is 37.5 Å². The molecular formula is C18H23ClO4S2. The summed E-state index contributed by atoms with van der Waals surface area (Å²) in [6.07, 6.45) is 0. The fraction of sp³-hybridized carbons (Fsp3) is 0.333. The smallest absolute Gasteiger partial charge is 0.261 e. The van der Waals surface area contributed by atoms with Crippen molar-refractivity contribution in [2.75, 3.05) is 14.2 Å². The van der Waals surface area contributed by atoms with Gasteiger partial charge in [0.25, 0.3) is 9.05 Å². The molecule has 25 heavy (non-hydrogen) atoms. The van der Waals surface area contributed by atoms with Gasteiger partial charge in [-0.2, -0.15) is 0 Å². The molecule has 0 aliphatic carbocycles. The average molecular weight is 403 g/mol. The number of aryl methyl sites for hydroxylation is 4. The number of ether oxygens (including phenoxy) is 2. The minimum atomic E-state index is -3.67. The zero-order chi connectivity index (χ0) is 19.4. The van der Waals surface area contributed by atoms with Crippen LogP contribution in [-0.2, 0) is 9.05 Å². The molecule has 0 spiro atoms. The van der Waals surface area contributed by atoms with Gasteiger partial charge in [0.05, 0.1) is 19.1 Å². The molecule has 0 radical (unpaired) electrons. The van der Waals surface area contributed by atoms with Crippen LogP contribution in [-0.4, -0.2) is 22.6 Å². The second-order valence-electron chi connectivity index (χ2n) is 5.64. The molecule has 7 heteroatoms. The van der Waals surface area contributed by atoms with Gasteiger partial charge in [-0.3, -0.25) is 0 Å². The minimum absolute atomic E-state index is 0.167. The monoisotopic (exact) mass is 402 g/mol. The molecule has 0 N–H and O–H groups in total. The summed E-state index contributed by atoms with van der Waals surface area (Å²) in [4.78, 5) is 1.21. The Labute approximate surface area is 159 Å². The summed E-state index contributed by atoms with van der Waals surface area (Å²) in [6, 6.07) is 7.25. The summed E-state index contributed by atoms with van der Waals surface area (Å²) in [5.41, 5.74) is 3.50. The van der Waals surface area contributed by atoms with Crippen LogP contribution in [0.2, 0.25) is 0 Å². The van der Waals surface area contributed by atoms with Gasteiger partial charge in [0.2, 0.25) is 0 Å². The number of rotatable bonds is 3. The van der Waals surface area contributed by atoms with Crippen LogP contribution in [0.4, 0.5) is 0 Å². The molecule has 0 fully saturated rings. The number of benzene rings is 2. The minimum Gasteiger partial charge on any atom is -0.497 e. The van der Waals surface area contributed by atoms with E-state index in [2.05, 4.69) is 12.6 Å². The van der Waals surface area contributed by atoms with Gasteiger partial charge in [0.1, 0.15) is 11.5 Å². The zero-order valence-corrected chi connectivity index (χ0v) is 17.6. The van der Waals surface area contributed by atoms with E-state index >= 15 is 0 Å². The van der Waals surface area contributed by atoms with Crippen LogP contribution >= 0.6 is 23.3 Å². The van der Waals surface area contributed by atoms with Crippen molar-refractivity contribution in [3.63, 3.8) is 0 Å². The van der Waals surface area contributed by atoms with Crippen molar-refractivity contribution >= 4 is 32.4 Å². The summed E-state index contributed by atoms with van der Waals surface area (Å²) in [5, 5.41) is 0. The maximum Gasteiger partial charge on any atom is 0.261 e. The maximum absolute atomic E-state index is 11.2. The third-order valence-corrected chi connectivity index (χ3v) is 5.91. The number of hydrogen-bond donors (Lipinski definition) is 1. The molecule has 0 bridgehead atoms. The molecule has 0 atom stereocenters. The third kappa shape index (κ3) is 5.83. The van der Waals surface area contributed by atoms with Crippen LogP contribution in [0, 0.1) is 27.7 Å². The molecule has 2 aromatic carbocycles. The Bertz CT molecular complexity index is 815. The van der Waals surface area contributed by atoms with Crippen molar-refractivity contribution in [3.8, 4) is 11.5 Å². The normalized spacial score (nSPS) is 10.7. The molecule has 0 aromatic heterocycles. The predicted molar refractivity (Wildman–Crippen MR) is 105 cm³/mol. The summed E-state index contributed by atoms with van der Waals surface area (Å²) in [5.74, 6) is 1.53. The molecule has 0 saturated heterocycles. The van der Waals surface area contributed by atoms with E-state index in [-0.39, 0.29) is 4.90 Å². The second kappa shape index (κ2) is 8.83. The Morgan fingerprint density at radius 1 is 0.800 bits per heavy atom. The van der Waals surface area contributed by atoms with Gasteiger partial charge in [0, 0.05) is 15.6 Å². The lowest BCUT2D eigenvalue weighted by molar-refractivity contribution is 0.413. The molecule has 0 unspecified atom stereocenters. The molecule has 0 aliphatic heterocycles. The molecule has 0 heterocycles. The SMILES string of the molecule is COc1cc(C)c(S(=O)(=O)Cl)c(C)c1.COc1cc(C)c(S)c(C)c1. The molecular weight excluding hydrogens is 380 g/mol. The van der Waals surface area contributed by atoms with Crippen LogP contribution < -0.4 is 9.47 Å². The number of halogens is 1. The molecule has 2 aromatic rings. The Morgan fingerprint density at radius 3 is 1.40 bits per heavy atom. The quantitative estimate of drug-likeness (QED) is 0.589. The fourth-order valence-electron chi connectivity index (χ4n) is 2.45. The number of thiol groups is 1. The topological polar surface area (TPSA) is 52.6 Å². The van der Waals surface area contributed by atoms with Crippen LogP contribution in [0.3, 0.4) is 0 Å². The van der Waals surface area contributed by atoms with Crippen LogP contribution in [0.5, 0.6) is 11.5 Å². The predicted octanol–water partition coefficient (Wildman–Crippen LogP) is 4.84. The lowest BCUT2D eigenvalue weighted by Crippen LogP contribution is -1.99. The van der Waals surface area contributed by atoms with Gasteiger partial charge >= 0.3 is 0 Å². The van der Waals surface area contributed by atoms with Crippen LogP contribution in [0.15, 0.2) is 34.1 Å². The summed E-state index contributed by atoms with van der Waals surface area (Å²) < 4.78 is 32.5. The summed E-state index contributed by atoms with van der Waals surface area (Å²) in [6.45, 7) is 7.42. The molecule has 0 amide bonds. The first-order valence-electron chi connectivity index (χ1n) is 7.45. The standard InChI is InChI=1S/C9H11ClO3S.C9H12OS/c1-6-4-8(13-3)5-7(2)9(6)14(10,11)12;1-6-4-8(10-3)5-7(2)9(6)11/h4-5H,1-3H3;4-5,11H,1-3H3. The van der Waals surface area contributed by atoms with Crippen molar-refractivity contribution in [1.82, 2.24) is 0 Å². The highest BCUT2D eigenvalue weighted by Crippen LogP contribution is 2.28. The lowest BCUT2D eigenvalue weighted by Gasteiger charge is -2.08. The molecule has 0 aliphatic rings. The Kier molecular flexibility index (Phi) is 7.65. The third-order valence-electron chi connectivity index (χ3n) is 3.61. The van der Waals surface area contributed by atoms with E-state index in [1.807, 2.05) is 26.0 Å². The second-order valence-corrected chi connectivity index (χ2v) is 8.59. The highest BCUT2D eigenvalue weighted by atomic mass is 35.7. The molecule has 138 valence electrons. The first-order chi connectivity index (χ1) is 11.5. The average Bonchev–Trinajstić information content (AvgIpc) is 2.50. The fourth-order valence-corrected chi connectivity index (χ4v) is 4.19. The van der Waals surface area contributed by atoms with Gasteiger partial charge < -0.3 is 9.47 Å². The Hall–Kier alpha value is -1.37. The van der Waals surface area contributed by atoms with Gasteiger partial charge in [-0.05, 0) is 74.2 Å². The summed E-state index contributed by atoms with van der Waals surface area (Å²) >= 11 is 4.34. The van der Waals surface area contributed by atoms with E-state index in [4.69, 9.17) is 20.2 Å². The molecule has 2 rings (SSSR count). The summed E-state index contributed by atoms with van der Waals surface area (Å²) in [7, 11) is 4.83. The van der Waals surface area contributed by atoms with E-state index in [0.717, 1.165) is 21.8 Å². The number of methoxy groups -OCH3 is 2.